The Kier molecular flexibility index (Phi) is 3.08. The molecule has 0 aliphatic carbocycles. The van der Waals surface area contributed by atoms with Crippen LogP contribution in [-0.2, 0) is 9.53 Å². The van der Waals surface area contributed by atoms with Crippen LogP contribution in [0.4, 0.5) is 0 Å². The minimum Gasteiger partial charge on any atom is -0.456 e. The number of hydrogen-bond donors (Lipinski definition) is 0. The van der Waals surface area contributed by atoms with Crippen molar-refractivity contribution in [1.82, 2.24) is 0 Å². The topological polar surface area (TPSA) is 26.3 Å². The maximum absolute atomic E-state index is 11.5. The second kappa shape index (κ2) is 4.73. The molecule has 0 N–H and O–H groups in total. The molecule has 92 valence electrons. The third kappa shape index (κ3) is 2.03. The van der Waals surface area contributed by atoms with Gasteiger partial charge in [0, 0.05) is 12.0 Å². The molecule has 1 aliphatic heterocycles. The van der Waals surface area contributed by atoms with Crippen molar-refractivity contribution in [2.75, 3.05) is 0 Å². The van der Waals surface area contributed by atoms with Crippen LogP contribution in [0.3, 0.4) is 0 Å². The molecule has 1 fully saturated rings. The quantitative estimate of drug-likeness (QED) is 0.588. The molecule has 0 amide bonds. The highest BCUT2D eigenvalue weighted by molar-refractivity contribution is 9.09. The smallest absolute Gasteiger partial charge is 0.306 e. The first-order chi connectivity index (χ1) is 8.75. The lowest BCUT2D eigenvalue weighted by molar-refractivity contribution is -0.153. The molecule has 0 spiro atoms. The highest BCUT2D eigenvalue weighted by Crippen LogP contribution is 2.37. The van der Waals surface area contributed by atoms with Crippen molar-refractivity contribution in [3.63, 3.8) is 0 Å². The number of esters is 1. The van der Waals surface area contributed by atoms with Crippen molar-refractivity contribution < 1.29 is 9.53 Å². The summed E-state index contributed by atoms with van der Waals surface area (Å²) in [7, 11) is 0. The Hall–Kier alpha value is -1.35. The molecule has 0 aromatic heterocycles. The van der Waals surface area contributed by atoms with Gasteiger partial charge in [-0.3, -0.25) is 4.79 Å². The first-order valence-corrected chi connectivity index (χ1v) is 6.98. The molecule has 1 saturated heterocycles. The van der Waals surface area contributed by atoms with Gasteiger partial charge in [0.2, 0.25) is 0 Å². The molecule has 0 saturated carbocycles. The number of alkyl halides is 1. The molecule has 0 unspecified atom stereocenters. The van der Waals surface area contributed by atoms with Crippen LogP contribution in [0.25, 0.3) is 10.8 Å². The van der Waals surface area contributed by atoms with Gasteiger partial charge in [0.15, 0.2) is 0 Å². The second-order valence-electron chi connectivity index (χ2n) is 4.53. The molecule has 1 aliphatic rings. The number of halogens is 1. The zero-order valence-corrected chi connectivity index (χ0v) is 11.4. The third-order valence-electron chi connectivity index (χ3n) is 3.34. The SMILES string of the molecule is O=C1CC[C@@H](Br)[C@H](c2cccc3ccccc23)O1. The van der Waals surface area contributed by atoms with Crippen molar-refractivity contribution in [3.8, 4) is 0 Å². The van der Waals surface area contributed by atoms with Crippen molar-refractivity contribution in [2.24, 2.45) is 0 Å². The Bertz CT molecular complexity index is 589. The Morgan fingerprint density at radius 2 is 1.89 bits per heavy atom. The second-order valence-corrected chi connectivity index (χ2v) is 5.71. The average molecular weight is 305 g/mol. The maximum atomic E-state index is 11.5. The lowest BCUT2D eigenvalue weighted by Gasteiger charge is -2.28. The van der Waals surface area contributed by atoms with E-state index in [4.69, 9.17) is 4.74 Å². The predicted octanol–water partition coefficient (Wildman–Crippen LogP) is 3.98. The molecule has 1 heterocycles. The molecular formula is C15H13BrO2. The van der Waals surface area contributed by atoms with Gasteiger partial charge in [0.1, 0.15) is 6.10 Å². The number of cyclic esters (lactones) is 1. The molecule has 2 atom stereocenters. The summed E-state index contributed by atoms with van der Waals surface area (Å²) in [6.45, 7) is 0. The van der Waals surface area contributed by atoms with Crippen LogP contribution < -0.4 is 0 Å². The standard InChI is InChI=1S/C15H13BrO2/c16-13-8-9-14(17)18-15(13)12-7-3-5-10-4-1-2-6-11(10)12/h1-7,13,15H,8-9H2/t13-,15+/m1/s1. The van der Waals surface area contributed by atoms with Gasteiger partial charge in [-0.25, -0.2) is 0 Å². The van der Waals surface area contributed by atoms with Gasteiger partial charge in [-0.05, 0) is 17.2 Å². The van der Waals surface area contributed by atoms with Gasteiger partial charge >= 0.3 is 5.97 Å². The van der Waals surface area contributed by atoms with Gasteiger partial charge in [-0.15, -0.1) is 0 Å². The van der Waals surface area contributed by atoms with Gasteiger partial charge in [0.05, 0.1) is 4.83 Å². The highest BCUT2D eigenvalue weighted by atomic mass is 79.9. The molecule has 0 radical (unpaired) electrons. The van der Waals surface area contributed by atoms with Crippen molar-refractivity contribution in [1.29, 1.82) is 0 Å². The van der Waals surface area contributed by atoms with E-state index in [1.165, 1.54) is 5.39 Å². The van der Waals surface area contributed by atoms with Gasteiger partial charge in [-0.1, -0.05) is 58.4 Å². The van der Waals surface area contributed by atoms with Crippen LogP contribution in [0, 0.1) is 0 Å². The molecule has 2 aromatic rings. The number of hydrogen-bond acceptors (Lipinski definition) is 2. The molecule has 0 bridgehead atoms. The van der Waals surface area contributed by atoms with Crippen molar-refractivity contribution in [2.45, 2.75) is 23.8 Å². The fourth-order valence-electron chi connectivity index (χ4n) is 2.44. The summed E-state index contributed by atoms with van der Waals surface area (Å²) in [4.78, 5) is 11.7. The molecule has 3 rings (SSSR count). The predicted molar refractivity (Wildman–Crippen MR) is 74.7 cm³/mol. The number of benzene rings is 2. The normalized spacial score (nSPS) is 23.9. The van der Waals surface area contributed by atoms with Crippen molar-refractivity contribution in [3.05, 3.63) is 48.0 Å². The summed E-state index contributed by atoms with van der Waals surface area (Å²) in [6.07, 6.45) is 1.14. The van der Waals surface area contributed by atoms with E-state index in [1.807, 2.05) is 24.3 Å². The number of fused-ring (bicyclic) bond motifs is 1. The first kappa shape index (κ1) is 11.7. The molecule has 2 aromatic carbocycles. The Balaban J connectivity index is 2.10. The van der Waals surface area contributed by atoms with Crippen LogP contribution in [0.15, 0.2) is 42.5 Å². The Morgan fingerprint density at radius 3 is 2.78 bits per heavy atom. The lowest BCUT2D eigenvalue weighted by atomic mass is 9.96. The largest absolute Gasteiger partial charge is 0.456 e. The number of carbonyl (C=O) groups is 1. The minimum absolute atomic E-state index is 0.108. The first-order valence-electron chi connectivity index (χ1n) is 6.07. The van der Waals surface area contributed by atoms with E-state index in [1.54, 1.807) is 0 Å². The summed E-state index contributed by atoms with van der Waals surface area (Å²) in [5.41, 5.74) is 1.09. The number of carbonyl (C=O) groups excluding carboxylic acids is 1. The van der Waals surface area contributed by atoms with Gasteiger partial charge in [0.25, 0.3) is 0 Å². The van der Waals surface area contributed by atoms with Crippen LogP contribution in [0.2, 0.25) is 0 Å². The monoisotopic (exact) mass is 304 g/mol. The molecule has 2 nitrogen and oxygen atoms in total. The van der Waals surface area contributed by atoms with E-state index in [9.17, 15) is 4.79 Å². The average Bonchev–Trinajstić information content (AvgIpc) is 2.41. The minimum atomic E-state index is -0.183. The van der Waals surface area contributed by atoms with E-state index in [2.05, 4.69) is 34.1 Å². The Labute approximate surface area is 114 Å². The summed E-state index contributed by atoms with van der Waals surface area (Å²) in [5.74, 6) is -0.108. The fourth-order valence-corrected chi connectivity index (χ4v) is 3.06. The molecule has 3 heteroatoms. The number of rotatable bonds is 1. The van der Waals surface area contributed by atoms with Crippen LogP contribution in [0.5, 0.6) is 0 Å². The van der Waals surface area contributed by atoms with Gasteiger partial charge < -0.3 is 4.74 Å². The summed E-state index contributed by atoms with van der Waals surface area (Å²) in [5, 5.41) is 2.33. The van der Waals surface area contributed by atoms with E-state index in [0.29, 0.717) is 6.42 Å². The van der Waals surface area contributed by atoms with Crippen molar-refractivity contribution >= 4 is 32.7 Å². The number of ether oxygens (including phenoxy) is 1. The molecule has 18 heavy (non-hydrogen) atoms. The molecular weight excluding hydrogens is 292 g/mol. The third-order valence-corrected chi connectivity index (χ3v) is 4.28. The van der Waals surface area contributed by atoms with E-state index in [-0.39, 0.29) is 16.9 Å². The summed E-state index contributed by atoms with van der Waals surface area (Å²) < 4.78 is 5.51. The highest BCUT2D eigenvalue weighted by Gasteiger charge is 2.31. The van der Waals surface area contributed by atoms with E-state index in [0.717, 1.165) is 17.4 Å². The van der Waals surface area contributed by atoms with E-state index >= 15 is 0 Å². The lowest BCUT2D eigenvalue weighted by Crippen LogP contribution is -2.26. The van der Waals surface area contributed by atoms with Crippen LogP contribution in [0.1, 0.15) is 24.5 Å². The fraction of sp³-hybridized carbons (Fsp3) is 0.267. The van der Waals surface area contributed by atoms with E-state index < -0.39 is 0 Å². The Morgan fingerprint density at radius 1 is 1.11 bits per heavy atom. The maximum Gasteiger partial charge on any atom is 0.306 e. The zero-order chi connectivity index (χ0) is 12.5. The van der Waals surface area contributed by atoms with Gasteiger partial charge in [-0.2, -0.15) is 0 Å². The van der Waals surface area contributed by atoms with Crippen LogP contribution >= 0.6 is 15.9 Å². The summed E-state index contributed by atoms with van der Waals surface area (Å²) >= 11 is 3.63. The summed E-state index contributed by atoms with van der Waals surface area (Å²) in [6, 6.07) is 14.3. The zero-order valence-electron chi connectivity index (χ0n) is 9.80. The van der Waals surface area contributed by atoms with Crippen LogP contribution in [-0.4, -0.2) is 10.8 Å².